The van der Waals surface area contributed by atoms with E-state index in [0.29, 0.717) is 6.04 Å². The number of hydrogen-bond donors (Lipinski definition) is 1. The predicted molar refractivity (Wildman–Crippen MR) is 82.3 cm³/mol. The molecule has 19 heavy (non-hydrogen) atoms. The molecule has 0 amide bonds. The summed E-state index contributed by atoms with van der Waals surface area (Å²) in [6, 6.07) is 7.31. The standard InChI is InChI=1S/C17H28N2/c1-12(2)19(10-15-6-7-15)11-17(18)16-8-5-13(3)9-14(16)4/h5,8-9,12,15,17H,6-7,10-11,18H2,1-4H3. The largest absolute Gasteiger partial charge is 0.323 e. The average molecular weight is 260 g/mol. The Morgan fingerprint density at radius 1 is 1.26 bits per heavy atom. The summed E-state index contributed by atoms with van der Waals surface area (Å²) in [5.41, 5.74) is 10.4. The molecule has 1 aliphatic carbocycles. The van der Waals surface area contributed by atoms with Crippen LogP contribution < -0.4 is 5.73 Å². The third-order valence-electron chi connectivity index (χ3n) is 4.18. The number of aryl methyl sites for hydroxylation is 2. The Balaban J connectivity index is 2.02. The summed E-state index contributed by atoms with van der Waals surface area (Å²) in [5.74, 6) is 0.925. The molecule has 1 aromatic rings. The number of benzene rings is 1. The minimum atomic E-state index is 0.127. The fourth-order valence-corrected chi connectivity index (χ4v) is 2.72. The van der Waals surface area contributed by atoms with Gasteiger partial charge in [0.25, 0.3) is 0 Å². The molecule has 2 heteroatoms. The lowest BCUT2D eigenvalue weighted by atomic mass is 9.99. The van der Waals surface area contributed by atoms with Crippen LogP contribution in [0.5, 0.6) is 0 Å². The zero-order valence-corrected chi connectivity index (χ0v) is 12.8. The van der Waals surface area contributed by atoms with Gasteiger partial charge in [-0.2, -0.15) is 0 Å². The molecule has 1 fully saturated rings. The molecule has 106 valence electrons. The summed E-state index contributed by atoms with van der Waals surface area (Å²) >= 11 is 0. The molecule has 1 unspecified atom stereocenters. The van der Waals surface area contributed by atoms with Gasteiger partial charge in [-0.05, 0) is 57.6 Å². The van der Waals surface area contributed by atoms with E-state index in [9.17, 15) is 0 Å². The maximum absolute atomic E-state index is 6.44. The average Bonchev–Trinajstić information content (AvgIpc) is 3.11. The molecule has 1 aromatic carbocycles. The summed E-state index contributed by atoms with van der Waals surface area (Å²) in [6.07, 6.45) is 2.81. The summed E-state index contributed by atoms with van der Waals surface area (Å²) in [4.78, 5) is 2.54. The van der Waals surface area contributed by atoms with E-state index in [0.717, 1.165) is 12.5 Å². The van der Waals surface area contributed by atoms with Crippen molar-refractivity contribution in [2.75, 3.05) is 13.1 Å². The topological polar surface area (TPSA) is 29.3 Å². The maximum atomic E-state index is 6.44. The minimum absolute atomic E-state index is 0.127. The van der Waals surface area contributed by atoms with Gasteiger partial charge in [-0.1, -0.05) is 23.8 Å². The second-order valence-electron chi connectivity index (χ2n) is 6.46. The van der Waals surface area contributed by atoms with Crippen LogP contribution in [-0.2, 0) is 0 Å². The fourth-order valence-electron chi connectivity index (χ4n) is 2.72. The van der Waals surface area contributed by atoms with E-state index < -0.39 is 0 Å². The van der Waals surface area contributed by atoms with Crippen molar-refractivity contribution in [3.05, 3.63) is 34.9 Å². The molecule has 0 aliphatic heterocycles. The second kappa shape index (κ2) is 6.06. The molecule has 0 heterocycles. The molecular formula is C17H28N2. The van der Waals surface area contributed by atoms with Crippen molar-refractivity contribution in [3.8, 4) is 0 Å². The van der Waals surface area contributed by atoms with Gasteiger partial charge in [0, 0.05) is 25.2 Å². The second-order valence-corrected chi connectivity index (χ2v) is 6.46. The van der Waals surface area contributed by atoms with Crippen LogP contribution in [0, 0.1) is 19.8 Å². The van der Waals surface area contributed by atoms with Crippen LogP contribution in [0.1, 0.15) is 49.4 Å². The molecule has 2 N–H and O–H groups in total. The smallest absolute Gasteiger partial charge is 0.0427 e. The zero-order chi connectivity index (χ0) is 14.0. The molecule has 1 atom stereocenters. The van der Waals surface area contributed by atoms with Crippen molar-refractivity contribution in [2.45, 2.75) is 52.6 Å². The Morgan fingerprint density at radius 2 is 1.95 bits per heavy atom. The van der Waals surface area contributed by atoms with Gasteiger partial charge in [0.05, 0.1) is 0 Å². The van der Waals surface area contributed by atoms with Crippen LogP contribution in [0.25, 0.3) is 0 Å². The zero-order valence-electron chi connectivity index (χ0n) is 12.8. The van der Waals surface area contributed by atoms with Crippen molar-refractivity contribution in [2.24, 2.45) is 11.7 Å². The Morgan fingerprint density at radius 3 is 2.47 bits per heavy atom. The Kier molecular flexibility index (Phi) is 4.64. The monoisotopic (exact) mass is 260 g/mol. The van der Waals surface area contributed by atoms with Gasteiger partial charge >= 0.3 is 0 Å². The van der Waals surface area contributed by atoms with Crippen molar-refractivity contribution in [1.29, 1.82) is 0 Å². The lowest BCUT2D eigenvalue weighted by molar-refractivity contribution is 0.200. The molecule has 0 saturated heterocycles. The van der Waals surface area contributed by atoms with E-state index in [2.05, 4.69) is 50.8 Å². The van der Waals surface area contributed by atoms with Crippen LogP contribution in [-0.4, -0.2) is 24.0 Å². The number of rotatable bonds is 6. The number of nitrogens with zero attached hydrogens (tertiary/aromatic N) is 1. The summed E-state index contributed by atoms with van der Waals surface area (Å²) in [5, 5.41) is 0. The predicted octanol–water partition coefficient (Wildman–Crippen LogP) is 3.42. The van der Waals surface area contributed by atoms with Crippen LogP contribution in [0.4, 0.5) is 0 Å². The quantitative estimate of drug-likeness (QED) is 0.849. The first-order valence-electron chi connectivity index (χ1n) is 7.54. The Hall–Kier alpha value is -0.860. The molecule has 1 aliphatic rings. The first-order valence-corrected chi connectivity index (χ1v) is 7.54. The van der Waals surface area contributed by atoms with E-state index in [1.165, 1.54) is 36.1 Å². The fraction of sp³-hybridized carbons (Fsp3) is 0.647. The van der Waals surface area contributed by atoms with Crippen molar-refractivity contribution in [3.63, 3.8) is 0 Å². The lowest BCUT2D eigenvalue weighted by Crippen LogP contribution is -2.38. The van der Waals surface area contributed by atoms with Gasteiger partial charge in [-0.15, -0.1) is 0 Å². The summed E-state index contributed by atoms with van der Waals surface area (Å²) < 4.78 is 0. The highest BCUT2D eigenvalue weighted by molar-refractivity contribution is 5.32. The SMILES string of the molecule is Cc1ccc(C(N)CN(CC2CC2)C(C)C)c(C)c1. The van der Waals surface area contributed by atoms with Crippen molar-refractivity contribution >= 4 is 0 Å². The molecular weight excluding hydrogens is 232 g/mol. The lowest BCUT2D eigenvalue weighted by Gasteiger charge is -2.30. The van der Waals surface area contributed by atoms with Crippen LogP contribution in [0.15, 0.2) is 18.2 Å². The van der Waals surface area contributed by atoms with Gasteiger partial charge in [0.2, 0.25) is 0 Å². The Labute approximate surface area is 118 Å². The molecule has 2 nitrogen and oxygen atoms in total. The highest BCUT2D eigenvalue weighted by Gasteiger charge is 2.26. The molecule has 0 radical (unpaired) electrons. The molecule has 0 aromatic heterocycles. The van der Waals surface area contributed by atoms with Crippen LogP contribution >= 0.6 is 0 Å². The maximum Gasteiger partial charge on any atom is 0.0427 e. The van der Waals surface area contributed by atoms with Gasteiger partial charge in [0.1, 0.15) is 0 Å². The highest BCUT2D eigenvalue weighted by atomic mass is 15.2. The molecule has 0 bridgehead atoms. The first-order chi connectivity index (χ1) is 8.97. The van der Waals surface area contributed by atoms with E-state index in [1.54, 1.807) is 0 Å². The van der Waals surface area contributed by atoms with E-state index in [1.807, 2.05) is 0 Å². The highest BCUT2D eigenvalue weighted by Crippen LogP contribution is 2.31. The molecule has 1 saturated carbocycles. The van der Waals surface area contributed by atoms with Crippen LogP contribution in [0.2, 0.25) is 0 Å². The first kappa shape index (κ1) is 14.5. The number of hydrogen-bond acceptors (Lipinski definition) is 2. The van der Waals surface area contributed by atoms with Crippen LogP contribution in [0.3, 0.4) is 0 Å². The molecule has 0 spiro atoms. The van der Waals surface area contributed by atoms with Crippen molar-refractivity contribution < 1.29 is 0 Å². The Bertz CT molecular complexity index is 421. The van der Waals surface area contributed by atoms with E-state index in [-0.39, 0.29) is 6.04 Å². The normalized spacial score (nSPS) is 17.2. The van der Waals surface area contributed by atoms with E-state index in [4.69, 9.17) is 5.73 Å². The van der Waals surface area contributed by atoms with Gasteiger partial charge in [0.15, 0.2) is 0 Å². The summed E-state index contributed by atoms with van der Waals surface area (Å²) in [7, 11) is 0. The van der Waals surface area contributed by atoms with Gasteiger partial charge in [-0.25, -0.2) is 0 Å². The van der Waals surface area contributed by atoms with Gasteiger partial charge in [-0.3, -0.25) is 4.90 Å². The van der Waals surface area contributed by atoms with Crippen molar-refractivity contribution in [1.82, 2.24) is 4.90 Å². The third-order valence-corrected chi connectivity index (χ3v) is 4.18. The third kappa shape index (κ3) is 4.05. The van der Waals surface area contributed by atoms with Gasteiger partial charge < -0.3 is 5.73 Å². The summed E-state index contributed by atoms with van der Waals surface area (Å²) in [6.45, 7) is 11.0. The van der Waals surface area contributed by atoms with E-state index >= 15 is 0 Å². The minimum Gasteiger partial charge on any atom is -0.323 e. The molecule has 2 rings (SSSR count). The number of nitrogens with two attached hydrogens (primary N) is 1.